The van der Waals surface area contributed by atoms with Crippen molar-refractivity contribution in [2.45, 2.75) is 37.0 Å². The molecule has 1 unspecified atom stereocenters. The van der Waals surface area contributed by atoms with E-state index in [1.165, 1.54) is 23.9 Å². The molecule has 1 atom stereocenters. The fourth-order valence-electron chi connectivity index (χ4n) is 1.52. The third-order valence-corrected chi connectivity index (χ3v) is 4.13. The van der Waals surface area contributed by atoms with Crippen molar-refractivity contribution in [2.24, 2.45) is 0 Å². The molecule has 0 saturated carbocycles. The van der Waals surface area contributed by atoms with Crippen molar-refractivity contribution in [1.82, 2.24) is 5.32 Å². The van der Waals surface area contributed by atoms with E-state index < -0.39 is 11.6 Å². The summed E-state index contributed by atoms with van der Waals surface area (Å²) in [5, 5.41) is 3.27. The lowest BCUT2D eigenvalue weighted by atomic mass is 10.2. The molecule has 108 valence electrons. The van der Waals surface area contributed by atoms with Crippen molar-refractivity contribution in [1.29, 1.82) is 0 Å². The smallest absolute Gasteiger partial charge is 0.140 e. The third kappa shape index (κ3) is 5.47. The largest absolute Gasteiger partial charge is 0.383 e. The van der Waals surface area contributed by atoms with Gasteiger partial charge in [0.25, 0.3) is 0 Å². The van der Waals surface area contributed by atoms with Gasteiger partial charge in [0.1, 0.15) is 11.6 Å². The zero-order chi connectivity index (χ0) is 14.3. The Labute approximate surface area is 117 Å². The Morgan fingerprint density at radius 2 is 1.95 bits per heavy atom. The molecule has 0 aliphatic rings. The number of hydrogen-bond donors (Lipinski definition) is 1. The molecule has 0 spiro atoms. The molecule has 0 aliphatic heterocycles. The van der Waals surface area contributed by atoms with Crippen LogP contribution in [0.5, 0.6) is 0 Å². The molecular formula is C14H21F2NOS. The highest BCUT2D eigenvalue weighted by atomic mass is 32.2. The molecule has 0 heterocycles. The highest BCUT2D eigenvalue weighted by Crippen LogP contribution is 2.30. The monoisotopic (exact) mass is 289 g/mol. The summed E-state index contributed by atoms with van der Waals surface area (Å²) in [5.74, 6) is -0.956. The van der Waals surface area contributed by atoms with Gasteiger partial charge in [-0.25, -0.2) is 8.78 Å². The van der Waals surface area contributed by atoms with Gasteiger partial charge in [-0.05, 0) is 24.1 Å². The lowest BCUT2D eigenvalue weighted by Crippen LogP contribution is -2.18. The molecule has 0 aromatic heterocycles. The Bertz CT molecular complexity index is 378. The fraction of sp³-hybridized carbons (Fsp3) is 0.571. The standard InChI is InChI=1S/C14H21F2NOS/c1-4-10(2)19-14-12(15)7-11(8-13(14)16)9-17-5-6-18-3/h7-8,10,17H,4-6,9H2,1-3H3. The first-order chi connectivity index (χ1) is 9.08. The van der Waals surface area contributed by atoms with Crippen LogP contribution in [-0.2, 0) is 11.3 Å². The molecule has 2 nitrogen and oxygen atoms in total. The number of methoxy groups -OCH3 is 1. The molecule has 19 heavy (non-hydrogen) atoms. The summed E-state index contributed by atoms with van der Waals surface area (Å²) in [7, 11) is 1.61. The second-order valence-corrected chi connectivity index (χ2v) is 5.84. The van der Waals surface area contributed by atoms with Gasteiger partial charge in [-0.3, -0.25) is 0 Å². The molecule has 5 heteroatoms. The highest BCUT2D eigenvalue weighted by Gasteiger charge is 2.14. The van der Waals surface area contributed by atoms with Crippen LogP contribution in [0.15, 0.2) is 17.0 Å². The summed E-state index contributed by atoms with van der Waals surface area (Å²) >= 11 is 1.25. The van der Waals surface area contributed by atoms with Gasteiger partial charge in [-0.2, -0.15) is 0 Å². The van der Waals surface area contributed by atoms with E-state index in [9.17, 15) is 8.78 Å². The number of benzene rings is 1. The Balaban J connectivity index is 2.68. The van der Waals surface area contributed by atoms with Gasteiger partial charge in [0.05, 0.1) is 11.5 Å². The lowest BCUT2D eigenvalue weighted by Gasteiger charge is -2.12. The Kier molecular flexibility index (Phi) is 7.34. The number of halogens is 2. The van der Waals surface area contributed by atoms with Crippen molar-refractivity contribution in [3.63, 3.8) is 0 Å². The van der Waals surface area contributed by atoms with E-state index >= 15 is 0 Å². The van der Waals surface area contributed by atoms with Gasteiger partial charge >= 0.3 is 0 Å². The van der Waals surface area contributed by atoms with E-state index in [1.807, 2.05) is 13.8 Å². The van der Waals surface area contributed by atoms with Crippen LogP contribution in [0.1, 0.15) is 25.8 Å². The fourth-order valence-corrected chi connectivity index (χ4v) is 2.43. The summed E-state index contributed by atoms with van der Waals surface area (Å²) in [6.45, 7) is 5.63. The van der Waals surface area contributed by atoms with Crippen LogP contribution in [0.3, 0.4) is 0 Å². The predicted molar refractivity (Wildman–Crippen MR) is 75.6 cm³/mol. The molecule has 1 aromatic rings. The normalized spacial score (nSPS) is 12.7. The maximum Gasteiger partial charge on any atom is 0.140 e. The summed E-state index contributed by atoms with van der Waals surface area (Å²) in [6.07, 6.45) is 0.879. The van der Waals surface area contributed by atoms with E-state index in [-0.39, 0.29) is 10.1 Å². The van der Waals surface area contributed by atoms with E-state index in [0.717, 1.165) is 6.42 Å². The van der Waals surface area contributed by atoms with Gasteiger partial charge in [-0.15, -0.1) is 11.8 Å². The van der Waals surface area contributed by atoms with Crippen molar-refractivity contribution >= 4 is 11.8 Å². The lowest BCUT2D eigenvalue weighted by molar-refractivity contribution is 0.199. The molecular weight excluding hydrogens is 268 g/mol. The van der Waals surface area contributed by atoms with Crippen LogP contribution in [-0.4, -0.2) is 25.5 Å². The van der Waals surface area contributed by atoms with Crippen LogP contribution >= 0.6 is 11.8 Å². The van der Waals surface area contributed by atoms with E-state index in [2.05, 4.69) is 5.32 Å². The van der Waals surface area contributed by atoms with Gasteiger partial charge in [0.2, 0.25) is 0 Å². The van der Waals surface area contributed by atoms with Crippen LogP contribution in [0, 0.1) is 11.6 Å². The average molecular weight is 289 g/mol. The summed E-state index contributed by atoms with van der Waals surface area (Å²) in [5.41, 5.74) is 0.611. The zero-order valence-electron chi connectivity index (χ0n) is 11.6. The van der Waals surface area contributed by atoms with Crippen molar-refractivity contribution in [3.05, 3.63) is 29.3 Å². The molecule has 0 amide bonds. The highest BCUT2D eigenvalue weighted by molar-refractivity contribution is 8.00. The van der Waals surface area contributed by atoms with Crippen LogP contribution in [0.2, 0.25) is 0 Å². The Morgan fingerprint density at radius 3 is 2.47 bits per heavy atom. The summed E-state index contributed by atoms with van der Waals surface area (Å²) in [4.78, 5) is 0.120. The number of rotatable bonds is 8. The quantitative estimate of drug-likeness (QED) is 0.584. The predicted octanol–water partition coefficient (Wildman–Crippen LogP) is 3.59. The minimum absolute atomic E-state index is 0.120. The zero-order valence-corrected chi connectivity index (χ0v) is 12.4. The Hall–Kier alpha value is -0.650. The molecule has 0 radical (unpaired) electrons. The van der Waals surface area contributed by atoms with Crippen molar-refractivity contribution < 1.29 is 13.5 Å². The first-order valence-electron chi connectivity index (χ1n) is 6.42. The van der Waals surface area contributed by atoms with E-state index in [0.29, 0.717) is 25.3 Å². The molecule has 0 fully saturated rings. The van der Waals surface area contributed by atoms with Crippen LogP contribution in [0.4, 0.5) is 8.78 Å². The number of hydrogen-bond acceptors (Lipinski definition) is 3. The average Bonchev–Trinajstić information content (AvgIpc) is 2.38. The van der Waals surface area contributed by atoms with Gasteiger partial charge in [0.15, 0.2) is 0 Å². The topological polar surface area (TPSA) is 21.3 Å². The molecule has 0 bridgehead atoms. The number of ether oxygens (including phenoxy) is 1. The van der Waals surface area contributed by atoms with Crippen LogP contribution < -0.4 is 5.32 Å². The molecule has 0 aliphatic carbocycles. The van der Waals surface area contributed by atoms with Gasteiger partial charge < -0.3 is 10.1 Å². The third-order valence-electron chi connectivity index (χ3n) is 2.76. The molecule has 1 aromatic carbocycles. The van der Waals surface area contributed by atoms with Crippen molar-refractivity contribution in [2.75, 3.05) is 20.3 Å². The van der Waals surface area contributed by atoms with Gasteiger partial charge in [0, 0.05) is 25.4 Å². The van der Waals surface area contributed by atoms with Crippen LogP contribution in [0.25, 0.3) is 0 Å². The maximum atomic E-state index is 13.9. The maximum absolute atomic E-state index is 13.9. The first kappa shape index (κ1) is 16.4. The summed E-state index contributed by atoms with van der Waals surface area (Å²) < 4.78 is 32.6. The minimum Gasteiger partial charge on any atom is -0.383 e. The molecule has 0 saturated heterocycles. The minimum atomic E-state index is -0.478. The first-order valence-corrected chi connectivity index (χ1v) is 7.30. The van der Waals surface area contributed by atoms with E-state index in [4.69, 9.17) is 4.74 Å². The summed E-state index contributed by atoms with van der Waals surface area (Å²) in [6, 6.07) is 2.79. The SMILES string of the molecule is CCC(C)Sc1c(F)cc(CNCCOC)cc1F. The number of nitrogens with one attached hydrogen (secondary N) is 1. The Morgan fingerprint density at radius 1 is 1.32 bits per heavy atom. The molecule has 1 N–H and O–H groups in total. The van der Waals surface area contributed by atoms with Crippen molar-refractivity contribution in [3.8, 4) is 0 Å². The van der Waals surface area contributed by atoms with E-state index in [1.54, 1.807) is 7.11 Å². The second kappa shape index (κ2) is 8.51. The van der Waals surface area contributed by atoms with Gasteiger partial charge in [-0.1, -0.05) is 13.8 Å². The second-order valence-electron chi connectivity index (χ2n) is 4.39. The number of thioether (sulfide) groups is 1. The molecule has 1 rings (SSSR count).